The Morgan fingerprint density at radius 1 is 1.22 bits per heavy atom. The molecule has 1 fully saturated rings. The van der Waals surface area contributed by atoms with Crippen molar-refractivity contribution in [3.63, 3.8) is 0 Å². The summed E-state index contributed by atoms with van der Waals surface area (Å²) in [7, 11) is 1.70. The molecule has 1 heterocycles. The van der Waals surface area contributed by atoms with Crippen LogP contribution in [0.1, 0.15) is 64.1 Å². The molecular formula is C28H40N4O4. The van der Waals surface area contributed by atoms with Crippen molar-refractivity contribution in [3.8, 4) is 12.3 Å². The molecule has 0 bridgehead atoms. The molecule has 2 aliphatic rings. The summed E-state index contributed by atoms with van der Waals surface area (Å²) in [6, 6.07) is 5.88. The number of benzene rings is 1. The van der Waals surface area contributed by atoms with E-state index in [1.807, 2.05) is 39.0 Å². The fraction of sp³-hybridized carbons (Fsp3) is 0.607. The molecule has 8 heteroatoms. The number of nitrogens with one attached hydrogen (secondary N) is 3. The van der Waals surface area contributed by atoms with Crippen LogP contribution in [0.5, 0.6) is 0 Å². The summed E-state index contributed by atoms with van der Waals surface area (Å²) in [6.07, 6.45) is 8.07. The Morgan fingerprint density at radius 3 is 2.61 bits per heavy atom. The second kappa shape index (κ2) is 11.9. The van der Waals surface area contributed by atoms with Crippen molar-refractivity contribution in [2.24, 2.45) is 5.41 Å². The zero-order valence-electron chi connectivity index (χ0n) is 22.1. The predicted octanol–water partition coefficient (Wildman–Crippen LogP) is 1.94. The van der Waals surface area contributed by atoms with E-state index in [9.17, 15) is 14.4 Å². The lowest BCUT2D eigenvalue weighted by Crippen LogP contribution is -2.59. The van der Waals surface area contributed by atoms with Gasteiger partial charge in [-0.25, -0.2) is 0 Å². The average molecular weight is 497 g/mol. The van der Waals surface area contributed by atoms with Gasteiger partial charge in [0.1, 0.15) is 18.7 Å². The van der Waals surface area contributed by atoms with Gasteiger partial charge in [0, 0.05) is 6.54 Å². The molecule has 1 aromatic carbocycles. The molecule has 3 N–H and O–H groups in total. The molecule has 5 atom stereocenters. The lowest BCUT2D eigenvalue weighted by atomic mass is 9.85. The third-order valence-electron chi connectivity index (χ3n) is 7.20. The van der Waals surface area contributed by atoms with Crippen LogP contribution < -0.4 is 16.0 Å². The number of likely N-dealkylation sites (tertiary alicyclic amines) is 1. The third-order valence-corrected chi connectivity index (χ3v) is 7.20. The van der Waals surface area contributed by atoms with Crippen LogP contribution in [0.15, 0.2) is 24.3 Å². The molecule has 1 aromatic rings. The summed E-state index contributed by atoms with van der Waals surface area (Å²) in [6.45, 7) is 8.13. The zero-order valence-corrected chi connectivity index (χ0v) is 22.1. The lowest BCUT2D eigenvalue weighted by Gasteiger charge is -2.37. The second-order valence-corrected chi connectivity index (χ2v) is 10.8. The van der Waals surface area contributed by atoms with Gasteiger partial charge in [-0.15, -0.1) is 6.42 Å². The van der Waals surface area contributed by atoms with Crippen molar-refractivity contribution in [2.45, 2.75) is 83.6 Å². The summed E-state index contributed by atoms with van der Waals surface area (Å²) >= 11 is 0. The molecule has 0 aromatic heterocycles. The number of rotatable bonds is 8. The summed E-state index contributed by atoms with van der Waals surface area (Å²) in [5.41, 5.74) is 1.67. The van der Waals surface area contributed by atoms with Crippen LogP contribution in [0.2, 0.25) is 0 Å². The molecule has 1 aliphatic carbocycles. The van der Waals surface area contributed by atoms with E-state index in [1.165, 1.54) is 5.56 Å². The number of likely N-dealkylation sites (N-methyl/N-ethyl adjacent to an activating group) is 1. The number of aryl methyl sites for hydroxylation is 1. The van der Waals surface area contributed by atoms with Gasteiger partial charge in [-0.3, -0.25) is 14.4 Å². The molecule has 3 rings (SSSR count). The van der Waals surface area contributed by atoms with Crippen LogP contribution in [-0.2, 0) is 25.5 Å². The molecule has 0 radical (unpaired) electrons. The Bertz CT molecular complexity index is 996. The molecule has 8 nitrogen and oxygen atoms in total. The van der Waals surface area contributed by atoms with Gasteiger partial charge in [0.2, 0.25) is 17.7 Å². The van der Waals surface area contributed by atoms with Crippen LogP contribution >= 0.6 is 0 Å². The minimum absolute atomic E-state index is 0.172. The summed E-state index contributed by atoms with van der Waals surface area (Å²) < 4.78 is 5.91. The number of ether oxygens (including phenoxy) is 1. The first-order valence-corrected chi connectivity index (χ1v) is 12.8. The maximum atomic E-state index is 13.7. The maximum Gasteiger partial charge on any atom is 0.246 e. The van der Waals surface area contributed by atoms with Gasteiger partial charge < -0.3 is 25.6 Å². The first-order chi connectivity index (χ1) is 17.1. The summed E-state index contributed by atoms with van der Waals surface area (Å²) in [5, 5.41) is 8.99. The number of carbonyl (C=O) groups excluding carboxylic acids is 3. The van der Waals surface area contributed by atoms with Crippen LogP contribution in [0, 0.1) is 17.8 Å². The Balaban J connectivity index is 1.80. The van der Waals surface area contributed by atoms with Crippen LogP contribution in [0.25, 0.3) is 0 Å². The topological polar surface area (TPSA) is 99.8 Å². The molecule has 3 amide bonds. The van der Waals surface area contributed by atoms with E-state index in [1.54, 1.807) is 18.9 Å². The van der Waals surface area contributed by atoms with Gasteiger partial charge in [-0.1, -0.05) is 51.0 Å². The summed E-state index contributed by atoms with van der Waals surface area (Å²) in [4.78, 5) is 41.6. The average Bonchev–Trinajstić information content (AvgIpc) is 3.35. The minimum Gasteiger partial charge on any atom is -0.363 e. The molecular weight excluding hydrogens is 456 g/mol. The SMILES string of the molecule is C#CCO[C@H]1CCc2ccccc2[C@H]1NC(=O)[C@@H]1CCCN1C(=O)[C@@H](NC(=O)[C@H](C)NC)C(C)(C)C. The van der Waals surface area contributed by atoms with E-state index >= 15 is 0 Å². The Kier molecular flexibility index (Phi) is 9.15. The standard InChI is InChI=1S/C28H40N4O4/c1-7-17-36-22-15-14-19-11-8-9-12-20(19)23(22)30-26(34)21-13-10-16-32(21)27(35)24(28(3,4)5)31-25(33)18(2)29-6/h1,8-9,11-12,18,21-24,29H,10,13-17H2,2-6H3,(H,30,34)(H,31,33)/t18-,21-,22-,23+,24+/m0/s1. The fourth-order valence-electron chi connectivity index (χ4n) is 5.00. The van der Waals surface area contributed by atoms with E-state index in [0.717, 1.165) is 24.8 Å². The van der Waals surface area contributed by atoms with Gasteiger partial charge in [0.25, 0.3) is 0 Å². The number of hydrogen-bond donors (Lipinski definition) is 3. The van der Waals surface area contributed by atoms with Crippen molar-refractivity contribution in [1.29, 1.82) is 0 Å². The van der Waals surface area contributed by atoms with Gasteiger partial charge in [-0.05, 0) is 56.2 Å². The summed E-state index contributed by atoms with van der Waals surface area (Å²) in [5.74, 6) is 1.82. The highest BCUT2D eigenvalue weighted by Gasteiger charge is 2.43. The van der Waals surface area contributed by atoms with Gasteiger partial charge in [0.05, 0.1) is 18.2 Å². The quantitative estimate of drug-likeness (QED) is 0.478. The molecule has 36 heavy (non-hydrogen) atoms. The Labute approximate surface area is 214 Å². The highest BCUT2D eigenvalue weighted by Crippen LogP contribution is 2.33. The number of terminal acetylenes is 1. The van der Waals surface area contributed by atoms with Crippen molar-refractivity contribution in [1.82, 2.24) is 20.9 Å². The molecule has 0 saturated carbocycles. The molecule has 1 aliphatic heterocycles. The van der Waals surface area contributed by atoms with E-state index in [0.29, 0.717) is 13.0 Å². The van der Waals surface area contributed by atoms with Gasteiger partial charge >= 0.3 is 0 Å². The third kappa shape index (κ3) is 6.26. The van der Waals surface area contributed by atoms with Crippen molar-refractivity contribution < 1.29 is 19.1 Å². The van der Waals surface area contributed by atoms with Crippen molar-refractivity contribution in [3.05, 3.63) is 35.4 Å². The lowest BCUT2D eigenvalue weighted by molar-refractivity contribution is -0.144. The normalized spacial score (nSPS) is 23.2. The highest BCUT2D eigenvalue weighted by atomic mass is 16.5. The molecule has 196 valence electrons. The smallest absolute Gasteiger partial charge is 0.246 e. The number of nitrogens with zero attached hydrogens (tertiary/aromatic N) is 1. The Morgan fingerprint density at radius 2 is 1.94 bits per heavy atom. The van der Waals surface area contributed by atoms with Crippen LogP contribution in [0.3, 0.4) is 0 Å². The van der Waals surface area contributed by atoms with Crippen LogP contribution in [0.4, 0.5) is 0 Å². The number of amides is 3. The van der Waals surface area contributed by atoms with Crippen molar-refractivity contribution >= 4 is 17.7 Å². The monoisotopic (exact) mass is 496 g/mol. The molecule has 0 unspecified atom stereocenters. The van der Waals surface area contributed by atoms with E-state index in [4.69, 9.17) is 11.2 Å². The predicted molar refractivity (Wildman–Crippen MR) is 139 cm³/mol. The first-order valence-electron chi connectivity index (χ1n) is 12.8. The van der Waals surface area contributed by atoms with Crippen molar-refractivity contribution in [2.75, 3.05) is 20.2 Å². The minimum atomic E-state index is -0.753. The largest absolute Gasteiger partial charge is 0.363 e. The first kappa shape index (κ1) is 27.7. The molecule has 0 spiro atoms. The second-order valence-electron chi connectivity index (χ2n) is 10.8. The van der Waals surface area contributed by atoms with E-state index < -0.39 is 23.5 Å². The van der Waals surface area contributed by atoms with Crippen LogP contribution in [-0.4, -0.2) is 67.1 Å². The fourth-order valence-corrected chi connectivity index (χ4v) is 5.00. The van der Waals surface area contributed by atoms with Gasteiger partial charge in [0.15, 0.2) is 0 Å². The number of hydrogen-bond acceptors (Lipinski definition) is 5. The number of carbonyl (C=O) groups is 3. The number of fused-ring (bicyclic) bond motifs is 1. The maximum absolute atomic E-state index is 13.7. The molecule has 1 saturated heterocycles. The highest BCUT2D eigenvalue weighted by molar-refractivity contribution is 5.94. The van der Waals surface area contributed by atoms with Gasteiger partial charge in [-0.2, -0.15) is 0 Å². The Hall–Kier alpha value is -2.89. The zero-order chi connectivity index (χ0) is 26.5. The van der Waals surface area contributed by atoms with E-state index in [2.05, 4.69) is 27.9 Å². The van der Waals surface area contributed by atoms with E-state index in [-0.39, 0.29) is 36.5 Å².